The van der Waals surface area contributed by atoms with E-state index in [0.29, 0.717) is 5.49 Å². The van der Waals surface area contributed by atoms with Crippen LogP contribution in [0.5, 0.6) is 0 Å². The molecule has 0 bridgehead atoms. The SMILES string of the molecule is N=c1ccc2concn1-2. The fourth-order valence-electron chi connectivity index (χ4n) is 0.848. The molecule has 0 atom stereocenters. The fraction of sp³-hybridized carbons (Fsp3) is 0. The highest BCUT2D eigenvalue weighted by Gasteiger charge is 1.99. The van der Waals surface area contributed by atoms with Crippen molar-refractivity contribution >= 4 is 0 Å². The van der Waals surface area contributed by atoms with E-state index >= 15 is 0 Å². The Kier molecular flexibility index (Phi) is 0.887. The van der Waals surface area contributed by atoms with Gasteiger partial charge in [0.05, 0.1) is 5.69 Å². The summed E-state index contributed by atoms with van der Waals surface area (Å²) in [5, 5.41) is 10.8. The zero-order valence-electron chi connectivity index (χ0n) is 5.11. The van der Waals surface area contributed by atoms with Gasteiger partial charge in [0, 0.05) is 0 Å². The van der Waals surface area contributed by atoms with E-state index in [0.717, 1.165) is 5.69 Å². The molecular formula is C6H5N3O. The third kappa shape index (κ3) is 0.556. The Balaban J connectivity index is 2.91. The van der Waals surface area contributed by atoms with Crippen LogP contribution in [0.15, 0.2) is 29.2 Å². The first-order valence-electron chi connectivity index (χ1n) is 2.83. The topological polar surface area (TPSA) is 54.8 Å². The highest BCUT2D eigenvalue weighted by Crippen LogP contribution is 2.01. The minimum Gasteiger partial charge on any atom is -0.361 e. The quantitative estimate of drug-likeness (QED) is 0.567. The van der Waals surface area contributed by atoms with Gasteiger partial charge >= 0.3 is 0 Å². The van der Waals surface area contributed by atoms with Crippen LogP contribution in [0.25, 0.3) is 5.69 Å². The number of aromatic nitrogens is 2. The molecule has 0 radical (unpaired) electrons. The lowest BCUT2D eigenvalue weighted by atomic mass is 10.5. The predicted molar refractivity (Wildman–Crippen MR) is 32.9 cm³/mol. The summed E-state index contributed by atoms with van der Waals surface area (Å²) in [7, 11) is 0. The van der Waals surface area contributed by atoms with Crippen LogP contribution in [0.1, 0.15) is 0 Å². The Morgan fingerprint density at radius 3 is 3.20 bits per heavy atom. The Hall–Kier alpha value is -1.58. The van der Waals surface area contributed by atoms with Gasteiger partial charge in [-0.25, -0.2) is 0 Å². The molecule has 0 aromatic heterocycles. The predicted octanol–water partition coefficient (Wildman–Crippen LogP) is 0.383. The second kappa shape index (κ2) is 1.70. The van der Waals surface area contributed by atoms with Crippen molar-refractivity contribution in [3.8, 4) is 5.69 Å². The van der Waals surface area contributed by atoms with E-state index in [1.54, 1.807) is 16.7 Å². The molecule has 0 fully saturated rings. The monoisotopic (exact) mass is 135 g/mol. The van der Waals surface area contributed by atoms with Gasteiger partial charge in [0.2, 0.25) is 0 Å². The van der Waals surface area contributed by atoms with Gasteiger partial charge in [0.15, 0.2) is 0 Å². The Morgan fingerprint density at radius 2 is 2.40 bits per heavy atom. The lowest BCUT2D eigenvalue weighted by molar-refractivity contribution is 0.384. The van der Waals surface area contributed by atoms with Gasteiger partial charge < -0.3 is 4.52 Å². The second-order valence-electron chi connectivity index (χ2n) is 1.96. The van der Waals surface area contributed by atoms with Gasteiger partial charge in [-0.05, 0) is 12.1 Å². The standard InChI is InChI=1S/C6H5N3O/c7-6-2-1-5-3-10-8-4-9(5)6/h1-4,7H. The maximum atomic E-state index is 7.32. The largest absolute Gasteiger partial charge is 0.361 e. The van der Waals surface area contributed by atoms with Crippen LogP contribution in [-0.4, -0.2) is 9.72 Å². The van der Waals surface area contributed by atoms with Crippen molar-refractivity contribution in [3.63, 3.8) is 0 Å². The second-order valence-corrected chi connectivity index (χ2v) is 1.96. The van der Waals surface area contributed by atoms with E-state index in [4.69, 9.17) is 5.41 Å². The third-order valence-electron chi connectivity index (χ3n) is 1.35. The van der Waals surface area contributed by atoms with Gasteiger partial charge in [-0.3, -0.25) is 9.98 Å². The molecule has 10 heavy (non-hydrogen) atoms. The molecule has 0 aliphatic carbocycles. The van der Waals surface area contributed by atoms with E-state index in [9.17, 15) is 0 Å². The Labute approximate surface area is 56.5 Å². The summed E-state index contributed by atoms with van der Waals surface area (Å²) in [6, 6.07) is 3.49. The first-order chi connectivity index (χ1) is 4.88. The maximum absolute atomic E-state index is 7.32. The van der Waals surface area contributed by atoms with Crippen molar-refractivity contribution in [1.29, 1.82) is 5.41 Å². The Bertz CT molecular complexity index is 362. The summed E-state index contributed by atoms with van der Waals surface area (Å²) in [5.74, 6) is 0. The molecule has 4 heteroatoms. The van der Waals surface area contributed by atoms with Crippen LogP contribution in [0.2, 0.25) is 0 Å². The Morgan fingerprint density at radius 1 is 1.50 bits per heavy atom. The number of rotatable bonds is 0. The molecular weight excluding hydrogens is 130 g/mol. The molecule has 0 spiro atoms. The number of nitrogens with one attached hydrogen (secondary N) is 1. The molecule has 0 aromatic rings. The van der Waals surface area contributed by atoms with Crippen LogP contribution in [-0.2, 0) is 0 Å². The van der Waals surface area contributed by atoms with E-state index < -0.39 is 0 Å². The summed E-state index contributed by atoms with van der Waals surface area (Å²) in [4.78, 5) is 0. The third-order valence-corrected chi connectivity index (χ3v) is 1.35. The molecule has 0 saturated carbocycles. The van der Waals surface area contributed by atoms with Crippen molar-refractivity contribution in [2.45, 2.75) is 0 Å². The molecule has 0 aromatic carbocycles. The number of nitrogens with zero attached hydrogens (tertiary/aromatic N) is 2. The summed E-state index contributed by atoms with van der Waals surface area (Å²) in [6.07, 6.45) is 2.97. The molecule has 0 unspecified atom stereocenters. The average molecular weight is 135 g/mol. The van der Waals surface area contributed by atoms with Gasteiger partial charge in [-0.15, -0.1) is 0 Å². The molecule has 50 valence electrons. The molecule has 4 nitrogen and oxygen atoms in total. The van der Waals surface area contributed by atoms with Crippen LogP contribution in [0.4, 0.5) is 0 Å². The van der Waals surface area contributed by atoms with Crippen molar-refractivity contribution in [1.82, 2.24) is 9.72 Å². The maximum Gasteiger partial charge on any atom is 0.146 e. The summed E-state index contributed by atoms with van der Waals surface area (Å²) >= 11 is 0. The van der Waals surface area contributed by atoms with Crippen LogP contribution in [0.3, 0.4) is 0 Å². The summed E-state index contributed by atoms with van der Waals surface area (Å²) in [5.41, 5.74) is 1.26. The molecule has 2 aliphatic rings. The number of fused-ring (bicyclic) bond motifs is 1. The fourth-order valence-corrected chi connectivity index (χ4v) is 0.848. The molecule has 2 heterocycles. The van der Waals surface area contributed by atoms with Gasteiger partial charge in [0.1, 0.15) is 18.1 Å². The average Bonchev–Trinajstić information content (AvgIpc) is 2.34. The lowest BCUT2D eigenvalue weighted by Crippen LogP contribution is -2.10. The van der Waals surface area contributed by atoms with E-state index in [1.165, 1.54) is 12.6 Å². The molecule has 0 amide bonds. The molecule has 1 N–H and O–H groups in total. The highest BCUT2D eigenvalue weighted by molar-refractivity contribution is 5.27. The lowest BCUT2D eigenvalue weighted by Gasteiger charge is -1.96. The molecule has 2 rings (SSSR count). The zero-order chi connectivity index (χ0) is 6.97. The van der Waals surface area contributed by atoms with Crippen molar-refractivity contribution in [3.05, 3.63) is 30.2 Å². The number of hydrogen-bond acceptors (Lipinski definition) is 3. The van der Waals surface area contributed by atoms with Crippen molar-refractivity contribution in [2.75, 3.05) is 0 Å². The van der Waals surface area contributed by atoms with Crippen molar-refractivity contribution < 1.29 is 4.52 Å². The van der Waals surface area contributed by atoms with E-state index in [1.807, 2.05) is 0 Å². The van der Waals surface area contributed by atoms with E-state index in [-0.39, 0.29) is 0 Å². The van der Waals surface area contributed by atoms with Gasteiger partial charge in [0.25, 0.3) is 0 Å². The smallest absolute Gasteiger partial charge is 0.146 e. The van der Waals surface area contributed by atoms with Crippen LogP contribution < -0.4 is 5.49 Å². The van der Waals surface area contributed by atoms with Gasteiger partial charge in [-0.1, -0.05) is 5.16 Å². The first kappa shape index (κ1) is 5.22. The molecule has 2 aliphatic heterocycles. The normalized spacial score (nSPS) is 10.4. The first-order valence-corrected chi connectivity index (χ1v) is 2.83. The van der Waals surface area contributed by atoms with Crippen LogP contribution in [0, 0.1) is 5.41 Å². The number of hydrogen-bond donors (Lipinski definition) is 1. The van der Waals surface area contributed by atoms with Gasteiger partial charge in [-0.2, -0.15) is 0 Å². The minimum atomic E-state index is 0.415. The van der Waals surface area contributed by atoms with Crippen molar-refractivity contribution in [2.24, 2.45) is 0 Å². The summed E-state index contributed by atoms with van der Waals surface area (Å²) < 4.78 is 6.28. The van der Waals surface area contributed by atoms with E-state index in [2.05, 4.69) is 9.68 Å². The molecule has 0 saturated heterocycles. The van der Waals surface area contributed by atoms with Crippen LogP contribution >= 0.6 is 0 Å². The minimum absolute atomic E-state index is 0.415. The zero-order valence-corrected chi connectivity index (χ0v) is 5.11. The highest BCUT2D eigenvalue weighted by atomic mass is 16.5. The summed E-state index contributed by atoms with van der Waals surface area (Å²) in [6.45, 7) is 0.